The van der Waals surface area contributed by atoms with Gasteiger partial charge in [0.2, 0.25) is 5.91 Å². The van der Waals surface area contributed by atoms with Crippen molar-refractivity contribution in [3.05, 3.63) is 78.4 Å². The molecule has 10 heteroatoms. The zero-order valence-corrected chi connectivity index (χ0v) is 18.0. The number of sulfonamides is 1. The molecule has 3 aromatic carbocycles. The zero-order chi connectivity index (χ0) is 23.3. The van der Waals surface area contributed by atoms with Crippen LogP contribution in [0.3, 0.4) is 0 Å². The average Bonchev–Trinajstić information content (AvgIpc) is 2.78. The van der Waals surface area contributed by atoms with Crippen molar-refractivity contribution in [2.45, 2.75) is 4.90 Å². The van der Waals surface area contributed by atoms with Gasteiger partial charge in [-0.2, -0.15) is 0 Å². The summed E-state index contributed by atoms with van der Waals surface area (Å²) >= 11 is 0. The van der Waals surface area contributed by atoms with Gasteiger partial charge >= 0.3 is 0 Å². The van der Waals surface area contributed by atoms with Crippen LogP contribution in [0.25, 0.3) is 0 Å². The van der Waals surface area contributed by atoms with Crippen LogP contribution in [0.5, 0.6) is 11.5 Å². The van der Waals surface area contributed by atoms with Crippen molar-refractivity contribution in [3.63, 3.8) is 0 Å². The van der Waals surface area contributed by atoms with Gasteiger partial charge in [0.15, 0.2) is 11.5 Å². The number of halogens is 2. The van der Waals surface area contributed by atoms with Crippen LogP contribution in [0.2, 0.25) is 0 Å². The summed E-state index contributed by atoms with van der Waals surface area (Å²) in [5.41, 5.74) is 0.420. The number of nitrogens with one attached hydrogen (secondary N) is 1. The van der Waals surface area contributed by atoms with Gasteiger partial charge < -0.3 is 14.8 Å². The molecule has 3 rings (SSSR count). The SMILES string of the molecule is COc1ccc(NC(=O)CN(c2ccc(F)cc2)S(=O)(=O)c2ccc(F)cc2)cc1OC. The Labute approximate surface area is 184 Å². The molecule has 0 atom stereocenters. The highest BCUT2D eigenvalue weighted by Crippen LogP contribution is 2.30. The fourth-order valence-electron chi connectivity index (χ4n) is 2.90. The molecule has 0 heterocycles. The molecule has 0 aliphatic rings. The average molecular weight is 462 g/mol. The summed E-state index contributed by atoms with van der Waals surface area (Å²) in [6.45, 7) is -0.611. The Balaban J connectivity index is 1.91. The Bertz CT molecular complexity index is 1200. The van der Waals surface area contributed by atoms with Gasteiger partial charge in [0.1, 0.15) is 18.2 Å². The van der Waals surface area contributed by atoms with E-state index < -0.39 is 34.1 Å². The maximum atomic E-state index is 13.4. The second kappa shape index (κ2) is 9.65. The Morgan fingerprint density at radius 3 is 2.00 bits per heavy atom. The third-order valence-electron chi connectivity index (χ3n) is 4.47. The second-order valence-corrected chi connectivity index (χ2v) is 8.42. The maximum Gasteiger partial charge on any atom is 0.264 e. The molecule has 0 aromatic heterocycles. The number of methoxy groups -OCH3 is 2. The summed E-state index contributed by atoms with van der Waals surface area (Å²) in [5, 5.41) is 2.60. The highest BCUT2D eigenvalue weighted by atomic mass is 32.2. The minimum absolute atomic E-state index is 0.0678. The summed E-state index contributed by atoms with van der Waals surface area (Å²) in [7, 11) is -1.35. The van der Waals surface area contributed by atoms with Gasteiger partial charge in [-0.25, -0.2) is 17.2 Å². The van der Waals surface area contributed by atoms with E-state index in [0.717, 1.165) is 40.7 Å². The van der Waals surface area contributed by atoms with E-state index in [9.17, 15) is 22.0 Å². The number of hydrogen-bond donors (Lipinski definition) is 1. The van der Waals surface area contributed by atoms with Gasteiger partial charge in [0, 0.05) is 11.8 Å². The summed E-state index contributed by atoms with van der Waals surface area (Å²) in [4.78, 5) is 12.5. The Hall–Kier alpha value is -3.66. The number of amides is 1. The Morgan fingerprint density at radius 1 is 0.875 bits per heavy atom. The summed E-state index contributed by atoms with van der Waals surface area (Å²) in [6.07, 6.45) is 0. The van der Waals surface area contributed by atoms with Crippen molar-refractivity contribution in [3.8, 4) is 11.5 Å². The van der Waals surface area contributed by atoms with Crippen molar-refractivity contribution in [2.24, 2.45) is 0 Å². The number of carbonyl (C=O) groups is 1. The van der Waals surface area contributed by atoms with E-state index in [-0.39, 0.29) is 10.6 Å². The molecule has 0 unspecified atom stereocenters. The molecule has 0 aliphatic heterocycles. The van der Waals surface area contributed by atoms with Gasteiger partial charge in [-0.3, -0.25) is 9.10 Å². The number of hydrogen-bond acceptors (Lipinski definition) is 5. The van der Waals surface area contributed by atoms with Crippen LogP contribution in [-0.2, 0) is 14.8 Å². The molecule has 0 saturated heterocycles. The minimum Gasteiger partial charge on any atom is -0.493 e. The van der Waals surface area contributed by atoms with Crippen LogP contribution in [0.15, 0.2) is 71.6 Å². The zero-order valence-electron chi connectivity index (χ0n) is 17.2. The highest BCUT2D eigenvalue weighted by Gasteiger charge is 2.27. The molecule has 0 bridgehead atoms. The van der Waals surface area contributed by atoms with Gasteiger partial charge in [-0.15, -0.1) is 0 Å². The number of nitrogens with zero attached hydrogens (tertiary/aromatic N) is 1. The third kappa shape index (κ3) is 5.14. The number of carbonyl (C=O) groups excluding carboxylic acids is 1. The number of ether oxygens (including phenoxy) is 2. The summed E-state index contributed by atoms with van der Waals surface area (Å²) in [6, 6.07) is 13.5. The number of anilines is 2. The second-order valence-electron chi connectivity index (χ2n) is 6.56. The van der Waals surface area contributed by atoms with Crippen molar-refractivity contribution in [1.29, 1.82) is 0 Å². The lowest BCUT2D eigenvalue weighted by Crippen LogP contribution is -2.38. The van der Waals surface area contributed by atoms with E-state index in [0.29, 0.717) is 17.2 Å². The maximum absolute atomic E-state index is 13.4. The van der Waals surface area contributed by atoms with Gasteiger partial charge in [-0.05, 0) is 60.7 Å². The van der Waals surface area contributed by atoms with Crippen LogP contribution >= 0.6 is 0 Å². The molecule has 3 aromatic rings. The molecule has 32 heavy (non-hydrogen) atoms. The minimum atomic E-state index is -4.26. The summed E-state index contributed by atoms with van der Waals surface area (Å²) < 4.78 is 64.2. The van der Waals surface area contributed by atoms with E-state index in [4.69, 9.17) is 9.47 Å². The largest absolute Gasteiger partial charge is 0.493 e. The lowest BCUT2D eigenvalue weighted by molar-refractivity contribution is -0.114. The molecular formula is C22H20F2N2O5S. The quantitative estimate of drug-likeness (QED) is 0.550. The van der Waals surface area contributed by atoms with Crippen LogP contribution < -0.4 is 19.1 Å². The van der Waals surface area contributed by atoms with Crippen LogP contribution in [-0.4, -0.2) is 35.1 Å². The molecule has 0 aliphatic carbocycles. The van der Waals surface area contributed by atoms with Crippen LogP contribution in [0.4, 0.5) is 20.2 Å². The van der Waals surface area contributed by atoms with E-state index >= 15 is 0 Å². The summed E-state index contributed by atoms with van der Waals surface area (Å²) in [5.74, 6) is -1.00. The molecule has 0 fully saturated rings. The first-order valence-electron chi connectivity index (χ1n) is 9.30. The van der Waals surface area contributed by atoms with Gasteiger partial charge in [0.05, 0.1) is 24.8 Å². The number of benzene rings is 3. The smallest absolute Gasteiger partial charge is 0.264 e. The van der Waals surface area contributed by atoms with Crippen molar-refractivity contribution >= 4 is 27.3 Å². The monoisotopic (exact) mass is 462 g/mol. The molecule has 1 N–H and O–H groups in total. The standard InChI is InChI=1S/C22H20F2N2O5S/c1-30-20-12-7-17(13-21(20)31-2)25-22(27)14-26(18-8-3-15(23)4-9-18)32(28,29)19-10-5-16(24)6-11-19/h3-13H,14H2,1-2H3,(H,25,27). The lowest BCUT2D eigenvalue weighted by atomic mass is 10.2. The molecule has 7 nitrogen and oxygen atoms in total. The van der Waals surface area contributed by atoms with E-state index in [1.54, 1.807) is 12.1 Å². The van der Waals surface area contributed by atoms with Crippen LogP contribution in [0.1, 0.15) is 0 Å². The third-order valence-corrected chi connectivity index (χ3v) is 6.26. The lowest BCUT2D eigenvalue weighted by Gasteiger charge is -2.24. The fourth-order valence-corrected chi connectivity index (χ4v) is 4.32. The first-order valence-corrected chi connectivity index (χ1v) is 10.7. The van der Waals surface area contributed by atoms with E-state index in [1.165, 1.54) is 32.4 Å². The van der Waals surface area contributed by atoms with E-state index in [2.05, 4.69) is 5.32 Å². The Kier molecular flexibility index (Phi) is 6.94. The number of rotatable bonds is 8. The van der Waals surface area contributed by atoms with Crippen molar-refractivity contribution < 1.29 is 31.5 Å². The molecule has 0 spiro atoms. The molecule has 1 amide bonds. The predicted molar refractivity (Wildman–Crippen MR) is 116 cm³/mol. The normalized spacial score (nSPS) is 11.0. The topological polar surface area (TPSA) is 84.9 Å². The van der Waals surface area contributed by atoms with Crippen molar-refractivity contribution in [1.82, 2.24) is 0 Å². The fraction of sp³-hybridized carbons (Fsp3) is 0.136. The molecular weight excluding hydrogens is 442 g/mol. The predicted octanol–water partition coefficient (Wildman–Crippen LogP) is 3.82. The molecule has 168 valence electrons. The molecule has 0 saturated carbocycles. The Morgan fingerprint density at radius 2 is 1.44 bits per heavy atom. The first kappa shape index (κ1) is 23.0. The van der Waals surface area contributed by atoms with E-state index in [1.807, 2.05) is 0 Å². The first-order chi connectivity index (χ1) is 15.2. The van der Waals surface area contributed by atoms with Gasteiger partial charge in [-0.1, -0.05) is 0 Å². The van der Waals surface area contributed by atoms with Crippen LogP contribution in [0, 0.1) is 11.6 Å². The van der Waals surface area contributed by atoms with Crippen molar-refractivity contribution in [2.75, 3.05) is 30.4 Å². The highest BCUT2D eigenvalue weighted by molar-refractivity contribution is 7.92. The van der Waals surface area contributed by atoms with Gasteiger partial charge in [0.25, 0.3) is 10.0 Å². The molecule has 0 radical (unpaired) electrons.